The number of aromatic nitrogens is 2. The van der Waals surface area contributed by atoms with Crippen molar-refractivity contribution in [2.24, 2.45) is 0 Å². The first-order valence-corrected chi connectivity index (χ1v) is 6.52. The third-order valence-corrected chi connectivity index (χ3v) is 3.32. The first-order valence-electron chi connectivity index (χ1n) is 6.52. The van der Waals surface area contributed by atoms with Crippen molar-refractivity contribution in [1.29, 1.82) is 0 Å². The molecule has 0 saturated heterocycles. The van der Waals surface area contributed by atoms with Crippen LogP contribution < -0.4 is 9.47 Å². The van der Waals surface area contributed by atoms with Crippen LogP contribution in [0.5, 0.6) is 23.0 Å². The Hall–Kier alpha value is -2.89. The predicted molar refractivity (Wildman–Crippen MR) is 75.8 cm³/mol. The van der Waals surface area contributed by atoms with Crippen LogP contribution in [0.1, 0.15) is 0 Å². The number of benzene rings is 2. The van der Waals surface area contributed by atoms with Crippen LogP contribution in [-0.4, -0.2) is 33.4 Å². The van der Waals surface area contributed by atoms with Gasteiger partial charge in [-0.15, -0.1) is 0 Å². The lowest BCUT2D eigenvalue weighted by atomic mass is 10.2. The van der Waals surface area contributed by atoms with Crippen LogP contribution in [0.3, 0.4) is 0 Å². The molecule has 1 aromatic heterocycles. The molecule has 6 heteroatoms. The summed E-state index contributed by atoms with van der Waals surface area (Å²) in [6.45, 7) is 1.05. The third-order valence-electron chi connectivity index (χ3n) is 3.32. The lowest BCUT2D eigenvalue weighted by molar-refractivity contribution is 0.172. The molecule has 0 aliphatic carbocycles. The average molecular weight is 284 g/mol. The van der Waals surface area contributed by atoms with Gasteiger partial charge in [-0.2, -0.15) is 0 Å². The molecule has 0 amide bonds. The first kappa shape index (κ1) is 11.9. The molecule has 0 bridgehead atoms. The fourth-order valence-corrected chi connectivity index (χ4v) is 2.42. The molecule has 0 spiro atoms. The largest absolute Gasteiger partial charge is 0.508 e. The van der Waals surface area contributed by atoms with E-state index in [9.17, 15) is 10.2 Å². The maximum absolute atomic E-state index is 9.56. The molecule has 2 heterocycles. The number of phenolic OH excluding ortho intramolecular Hbond substituents is 2. The molecular formula is C15H12N2O4. The Bertz CT molecular complexity index is 778. The summed E-state index contributed by atoms with van der Waals surface area (Å²) in [7, 11) is 0. The zero-order valence-electron chi connectivity index (χ0n) is 11.0. The van der Waals surface area contributed by atoms with E-state index in [0.29, 0.717) is 36.1 Å². The smallest absolute Gasteiger partial charge is 0.163 e. The highest BCUT2D eigenvalue weighted by Gasteiger charge is 2.15. The Morgan fingerprint density at radius 2 is 1.57 bits per heavy atom. The van der Waals surface area contributed by atoms with Crippen LogP contribution in [-0.2, 0) is 0 Å². The van der Waals surface area contributed by atoms with Crippen molar-refractivity contribution in [2.45, 2.75) is 0 Å². The number of fused-ring (bicyclic) bond motifs is 2. The highest BCUT2D eigenvalue weighted by Crippen LogP contribution is 2.35. The number of ether oxygens (including phenoxy) is 2. The van der Waals surface area contributed by atoms with Crippen LogP contribution in [0, 0.1) is 0 Å². The normalized spacial score (nSPS) is 13.5. The molecular weight excluding hydrogens is 272 g/mol. The van der Waals surface area contributed by atoms with Crippen molar-refractivity contribution in [3.05, 3.63) is 30.3 Å². The van der Waals surface area contributed by atoms with E-state index in [1.54, 1.807) is 0 Å². The van der Waals surface area contributed by atoms with Crippen LogP contribution >= 0.6 is 0 Å². The number of imidazole rings is 1. The van der Waals surface area contributed by atoms with Gasteiger partial charge in [-0.3, -0.25) is 0 Å². The van der Waals surface area contributed by atoms with E-state index in [1.807, 2.05) is 12.1 Å². The predicted octanol–water partition coefficient (Wildman–Crippen LogP) is 2.41. The van der Waals surface area contributed by atoms with Gasteiger partial charge in [0, 0.05) is 23.8 Å². The number of rotatable bonds is 1. The van der Waals surface area contributed by atoms with E-state index < -0.39 is 0 Å². The summed E-state index contributed by atoms with van der Waals surface area (Å²) in [5, 5.41) is 19.1. The van der Waals surface area contributed by atoms with E-state index in [2.05, 4.69) is 9.97 Å². The fourth-order valence-electron chi connectivity index (χ4n) is 2.42. The molecule has 4 rings (SSSR count). The Morgan fingerprint density at radius 1 is 0.905 bits per heavy atom. The van der Waals surface area contributed by atoms with E-state index in [1.165, 1.54) is 18.2 Å². The summed E-state index contributed by atoms with van der Waals surface area (Å²) >= 11 is 0. The summed E-state index contributed by atoms with van der Waals surface area (Å²) in [6, 6.07) is 7.98. The van der Waals surface area contributed by atoms with Crippen LogP contribution in [0.15, 0.2) is 30.3 Å². The summed E-state index contributed by atoms with van der Waals surface area (Å²) in [5.41, 5.74) is 2.14. The SMILES string of the molecule is Oc1cc(O)cc(-c2nc3cc4c(cc3[nH]2)OCCO4)c1. The van der Waals surface area contributed by atoms with E-state index in [4.69, 9.17) is 9.47 Å². The molecule has 1 aliphatic heterocycles. The average Bonchev–Trinajstić information content (AvgIpc) is 2.86. The molecule has 0 saturated carbocycles. The van der Waals surface area contributed by atoms with Gasteiger partial charge < -0.3 is 24.7 Å². The molecule has 1 aliphatic rings. The molecule has 0 radical (unpaired) electrons. The number of H-pyrrole nitrogens is 1. The van der Waals surface area contributed by atoms with Gasteiger partial charge >= 0.3 is 0 Å². The highest BCUT2D eigenvalue weighted by atomic mass is 16.6. The number of hydrogen-bond donors (Lipinski definition) is 3. The van der Waals surface area contributed by atoms with Gasteiger partial charge in [-0.05, 0) is 12.1 Å². The highest BCUT2D eigenvalue weighted by molar-refractivity contribution is 5.83. The van der Waals surface area contributed by atoms with Gasteiger partial charge in [0.1, 0.15) is 30.5 Å². The molecule has 3 aromatic rings. The number of hydrogen-bond acceptors (Lipinski definition) is 5. The third kappa shape index (κ3) is 2.01. The zero-order chi connectivity index (χ0) is 14.4. The Balaban J connectivity index is 1.86. The zero-order valence-corrected chi connectivity index (χ0v) is 11.0. The van der Waals surface area contributed by atoms with Gasteiger partial charge in [-0.1, -0.05) is 0 Å². The molecule has 0 atom stereocenters. The van der Waals surface area contributed by atoms with Gasteiger partial charge in [0.2, 0.25) is 0 Å². The number of aromatic amines is 1. The maximum Gasteiger partial charge on any atom is 0.163 e. The maximum atomic E-state index is 9.56. The van der Waals surface area contributed by atoms with E-state index in [-0.39, 0.29) is 11.5 Å². The van der Waals surface area contributed by atoms with E-state index >= 15 is 0 Å². The summed E-state index contributed by atoms with van der Waals surface area (Å²) in [6.07, 6.45) is 0. The van der Waals surface area contributed by atoms with Crippen molar-refractivity contribution in [3.8, 4) is 34.4 Å². The Labute approximate surface area is 119 Å². The van der Waals surface area contributed by atoms with Crippen molar-refractivity contribution < 1.29 is 19.7 Å². The van der Waals surface area contributed by atoms with Crippen LogP contribution in [0.2, 0.25) is 0 Å². The Morgan fingerprint density at radius 3 is 2.29 bits per heavy atom. The minimum absolute atomic E-state index is 0.0172. The lowest BCUT2D eigenvalue weighted by Crippen LogP contribution is -2.15. The molecule has 21 heavy (non-hydrogen) atoms. The molecule has 0 unspecified atom stereocenters. The van der Waals surface area contributed by atoms with Crippen molar-refractivity contribution >= 4 is 11.0 Å². The van der Waals surface area contributed by atoms with Crippen molar-refractivity contribution in [2.75, 3.05) is 13.2 Å². The second-order valence-corrected chi connectivity index (χ2v) is 4.84. The first-order chi connectivity index (χ1) is 10.2. The van der Waals surface area contributed by atoms with Gasteiger partial charge in [0.05, 0.1) is 11.0 Å². The fraction of sp³-hybridized carbons (Fsp3) is 0.133. The molecule has 6 nitrogen and oxygen atoms in total. The van der Waals surface area contributed by atoms with Crippen molar-refractivity contribution in [3.63, 3.8) is 0 Å². The summed E-state index contributed by atoms with van der Waals surface area (Å²) in [5.74, 6) is 1.87. The molecule has 3 N–H and O–H groups in total. The molecule has 2 aromatic carbocycles. The van der Waals surface area contributed by atoms with Crippen molar-refractivity contribution in [1.82, 2.24) is 9.97 Å². The van der Waals surface area contributed by atoms with Crippen LogP contribution in [0.4, 0.5) is 0 Å². The number of nitrogens with one attached hydrogen (secondary N) is 1. The minimum Gasteiger partial charge on any atom is -0.508 e. The molecule has 0 fully saturated rings. The number of aromatic hydroxyl groups is 2. The topological polar surface area (TPSA) is 87.6 Å². The minimum atomic E-state index is -0.0172. The summed E-state index contributed by atoms with van der Waals surface area (Å²) < 4.78 is 11.1. The number of nitrogens with zero attached hydrogens (tertiary/aromatic N) is 1. The van der Waals surface area contributed by atoms with Gasteiger partial charge in [-0.25, -0.2) is 4.98 Å². The second-order valence-electron chi connectivity index (χ2n) is 4.84. The van der Waals surface area contributed by atoms with Gasteiger partial charge in [0.25, 0.3) is 0 Å². The quantitative estimate of drug-likeness (QED) is 0.638. The monoisotopic (exact) mass is 284 g/mol. The summed E-state index contributed by atoms with van der Waals surface area (Å²) in [4.78, 5) is 7.61. The van der Waals surface area contributed by atoms with Crippen LogP contribution in [0.25, 0.3) is 22.4 Å². The standard InChI is InChI=1S/C15H12N2O4/c18-9-3-8(4-10(19)5-9)15-16-11-6-13-14(7-12(11)17-15)21-2-1-20-13/h3-7,18-19H,1-2H2,(H,16,17). The lowest BCUT2D eigenvalue weighted by Gasteiger charge is -2.17. The Kier molecular flexibility index (Phi) is 2.44. The molecule has 106 valence electrons. The van der Waals surface area contributed by atoms with E-state index in [0.717, 1.165) is 11.0 Å². The van der Waals surface area contributed by atoms with Gasteiger partial charge in [0.15, 0.2) is 11.5 Å². The second kappa shape index (κ2) is 4.31. The number of phenols is 2.